The van der Waals surface area contributed by atoms with Gasteiger partial charge < -0.3 is 10.4 Å². The Morgan fingerprint density at radius 1 is 1.40 bits per heavy atom. The molecule has 110 valence electrons. The molecule has 0 fully saturated rings. The maximum Gasteiger partial charge on any atom is 0.310 e. The van der Waals surface area contributed by atoms with Crippen LogP contribution in [-0.2, 0) is 4.79 Å². The second-order valence-electron chi connectivity index (χ2n) is 5.74. The number of nitrogens with one attached hydrogen (secondary N) is 1. The summed E-state index contributed by atoms with van der Waals surface area (Å²) >= 11 is 0. The Labute approximate surface area is 118 Å². The van der Waals surface area contributed by atoms with Crippen molar-refractivity contribution in [3.05, 3.63) is 23.3 Å². The number of aliphatic carboxylic acids is 1. The Bertz CT molecular complexity index is 524. The third-order valence-corrected chi connectivity index (χ3v) is 3.00. The molecule has 0 atom stereocenters. The first-order valence-corrected chi connectivity index (χ1v) is 6.50. The number of aryl methyl sites for hydroxylation is 1. The molecular formula is C14H21N3O3. The Kier molecular flexibility index (Phi) is 4.81. The Morgan fingerprint density at radius 3 is 2.50 bits per heavy atom. The SMILES string of the molecule is Cc1ncc(C(=O)NCC(C)(C)C(=O)O)c(C(C)C)n1. The summed E-state index contributed by atoms with van der Waals surface area (Å²) in [6.07, 6.45) is 1.49. The van der Waals surface area contributed by atoms with Crippen LogP contribution in [-0.4, -0.2) is 33.5 Å². The van der Waals surface area contributed by atoms with Gasteiger partial charge in [-0.05, 0) is 26.7 Å². The summed E-state index contributed by atoms with van der Waals surface area (Å²) in [6.45, 7) is 8.82. The third kappa shape index (κ3) is 3.76. The highest BCUT2D eigenvalue weighted by atomic mass is 16.4. The van der Waals surface area contributed by atoms with Gasteiger partial charge in [0.1, 0.15) is 5.82 Å². The zero-order chi connectivity index (χ0) is 15.5. The van der Waals surface area contributed by atoms with Gasteiger partial charge in [0.2, 0.25) is 0 Å². The lowest BCUT2D eigenvalue weighted by molar-refractivity contribution is -0.146. The van der Waals surface area contributed by atoms with Gasteiger partial charge in [0, 0.05) is 12.7 Å². The highest BCUT2D eigenvalue weighted by Gasteiger charge is 2.28. The predicted octanol–water partition coefficient (Wildman–Crippen LogP) is 1.75. The Morgan fingerprint density at radius 2 is 2.00 bits per heavy atom. The van der Waals surface area contributed by atoms with Crippen LogP contribution in [0.15, 0.2) is 6.20 Å². The minimum atomic E-state index is -1.01. The molecule has 0 unspecified atom stereocenters. The van der Waals surface area contributed by atoms with Crippen molar-refractivity contribution >= 4 is 11.9 Å². The van der Waals surface area contributed by atoms with Gasteiger partial charge in [0.15, 0.2) is 0 Å². The highest BCUT2D eigenvalue weighted by Crippen LogP contribution is 2.18. The number of carboxylic acids is 1. The lowest BCUT2D eigenvalue weighted by atomic mass is 9.93. The van der Waals surface area contributed by atoms with Crippen molar-refractivity contribution in [2.75, 3.05) is 6.54 Å². The second kappa shape index (κ2) is 5.98. The molecule has 0 saturated carbocycles. The number of nitrogens with zero attached hydrogens (tertiary/aromatic N) is 2. The molecule has 0 radical (unpaired) electrons. The van der Waals surface area contributed by atoms with E-state index in [1.165, 1.54) is 6.20 Å². The summed E-state index contributed by atoms with van der Waals surface area (Å²) in [4.78, 5) is 31.5. The average Bonchev–Trinajstić information content (AvgIpc) is 2.35. The van der Waals surface area contributed by atoms with E-state index in [2.05, 4.69) is 15.3 Å². The molecule has 0 aliphatic heterocycles. The molecule has 6 nitrogen and oxygen atoms in total. The minimum Gasteiger partial charge on any atom is -0.481 e. The van der Waals surface area contributed by atoms with Gasteiger partial charge in [-0.1, -0.05) is 13.8 Å². The van der Waals surface area contributed by atoms with Crippen LogP contribution < -0.4 is 5.32 Å². The van der Waals surface area contributed by atoms with E-state index in [0.717, 1.165) is 0 Å². The molecule has 0 spiro atoms. The second-order valence-corrected chi connectivity index (χ2v) is 5.74. The van der Waals surface area contributed by atoms with Crippen LogP contribution in [0.3, 0.4) is 0 Å². The lowest BCUT2D eigenvalue weighted by Crippen LogP contribution is -2.39. The number of carbonyl (C=O) groups is 2. The topological polar surface area (TPSA) is 92.2 Å². The monoisotopic (exact) mass is 279 g/mol. The molecule has 1 aromatic heterocycles. The molecule has 6 heteroatoms. The molecule has 2 N–H and O–H groups in total. The fourth-order valence-electron chi connectivity index (χ4n) is 1.57. The van der Waals surface area contributed by atoms with E-state index >= 15 is 0 Å². The van der Waals surface area contributed by atoms with Crippen molar-refractivity contribution in [3.63, 3.8) is 0 Å². The first kappa shape index (κ1) is 16.1. The number of amides is 1. The molecule has 1 heterocycles. The summed E-state index contributed by atoms with van der Waals surface area (Å²) in [5.74, 6) is -0.605. The summed E-state index contributed by atoms with van der Waals surface area (Å²) in [7, 11) is 0. The average molecular weight is 279 g/mol. The van der Waals surface area contributed by atoms with E-state index in [0.29, 0.717) is 17.1 Å². The fraction of sp³-hybridized carbons (Fsp3) is 0.571. The zero-order valence-corrected chi connectivity index (χ0v) is 12.5. The van der Waals surface area contributed by atoms with E-state index in [9.17, 15) is 9.59 Å². The van der Waals surface area contributed by atoms with Crippen molar-refractivity contribution in [3.8, 4) is 0 Å². The van der Waals surface area contributed by atoms with Crippen LogP contribution in [0.2, 0.25) is 0 Å². The largest absolute Gasteiger partial charge is 0.481 e. The van der Waals surface area contributed by atoms with Crippen LogP contribution in [0, 0.1) is 12.3 Å². The molecule has 1 amide bonds. The van der Waals surface area contributed by atoms with Gasteiger partial charge in [-0.15, -0.1) is 0 Å². The van der Waals surface area contributed by atoms with E-state index in [1.807, 2.05) is 13.8 Å². The highest BCUT2D eigenvalue weighted by molar-refractivity contribution is 5.95. The van der Waals surface area contributed by atoms with Crippen LogP contribution in [0.25, 0.3) is 0 Å². The van der Waals surface area contributed by atoms with E-state index in [-0.39, 0.29) is 18.4 Å². The number of hydrogen-bond donors (Lipinski definition) is 2. The first-order valence-electron chi connectivity index (χ1n) is 6.50. The summed E-state index contributed by atoms with van der Waals surface area (Å²) in [6, 6.07) is 0. The number of aromatic nitrogens is 2. The molecule has 0 saturated heterocycles. The van der Waals surface area contributed by atoms with Gasteiger partial charge >= 0.3 is 5.97 Å². The van der Waals surface area contributed by atoms with Gasteiger partial charge in [-0.2, -0.15) is 0 Å². The van der Waals surface area contributed by atoms with Crippen molar-refractivity contribution < 1.29 is 14.7 Å². The third-order valence-electron chi connectivity index (χ3n) is 3.00. The van der Waals surface area contributed by atoms with E-state index < -0.39 is 11.4 Å². The van der Waals surface area contributed by atoms with Gasteiger partial charge in [-0.3, -0.25) is 9.59 Å². The van der Waals surface area contributed by atoms with Gasteiger partial charge in [0.05, 0.1) is 16.7 Å². The Hall–Kier alpha value is -1.98. The van der Waals surface area contributed by atoms with Crippen molar-refractivity contribution in [2.24, 2.45) is 5.41 Å². The fourth-order valence-corrected chi connectivity index (χ4v) is 1.57. The summed E-state index contributed by atoms with van der Waals surface area (Å²) < 4.78 is 0. The molecule has 0 aliphatic rings. The van der Waals surface area contributed by atoms with Crippen LogP contribution >= 0.6 is 0 Å². The predicted molar refractivity (Wildman–Crippen MR) is 74.6 cm³/mol. The van der Waals surface area contributed by atoms with Gasteiger partial charge in [0.25, 0.3) is 5.91 Å². The normalized spacial score (nSPS) is 11.5. The standard InChI is InChI=1S/C14H21N3O3/c1-8(2)11-10(6-15-9(3)17-11)12(18)16-7-14(4,5)13(19)20/h6,8H,7H2,1-5H3,(H,16,18)(H,19,20). The molecule has 0 bridgehead atoms. The van der Waals surface area contributed by atoms with Crippen LogP contribution in [0.1, 0.15) is 55.5 Å². The van der Waals surface area contributed by atoms with Crippen molar-refractivity contribution in [2.45, 2.75) is 40.5 Å². The van der Waals surface area contributed by atoms with Crippen LogP contribution in [0.5, 0.6) is 0 Å². The number of carbonyl (C=O) groups excluding carboxylic acids is 1. The smallest absolute Gasteiger partial charge is 0.310 e. The quantitative estimate of drug-likeness (QED) is 0.856. The Balaban J connectivity index is 2.91. The molecule has 0 aromatic carbocycles. The van der Waals surface area contributed by atoms with Gasteiger partial charge in [-0.25, -0.2) is 9.97 Å². The van der Waals surface area contributed by atoms with E-state index in [1.54, 1.807) is 20.8 Å². The van der Waals surface area contributed by atoms with Crippen molar-refractivity contribution in [1.29, 1.82) is 0 Å². The number of rotatable bonds is 5. The maximum absolute atomic E-state index is 12.2. The molecule has 1 rings (SSSR count). The number of carboxylic acid groups (broad SMARTS) is 1. The maximum atomic E-state index is 12.2. The minimum absolute atomic E-state index is 0.0482. The summed E-state index contributed by atoms with van der Waals surface area (Å²) in [5.41, 5.74) is 0.0501. The first-order chi connectivity index (χ1) is 9.15. The molecule has 20 heavy (non-hydrogen) atoms. The lowest BCUT2D eigenvalue weighted by Gasteiger charge is -2.20. The zero-order valence-electron chi connectivity index (χ0n) is 12.5. The summed E-state index contributed by atoms with van der Waals surface area (Å²) in [5, 5.41) is 11.7. The molecular weight excluding hydrogens is 258 g/mol. The van der Waals surface area contributed by atoms with E-state index in [4.69, 9.17) is 5.11 Å². The number of hydrogen-bond acceptors (Lipinski definition) is 4. The molecule has 1 aromatic rings. The molecule has 0 aliphatic carbocycles. The van der Waals surface area contributed by atoms with Crippen molar-refractivity contribution in [1.82, 2.24) is 15.3 Å². The van der Waals surface area contributed by atoms with Crippen LogP contribution in [0.4, 0.5) is 0 Å².